The molecule has 0 saturated carbocycles. The maximum absolute atomic E-state index is 10.3. The van der Waals surface area contributed by atoms with Crippen molar-refractivity contribution in [3.8, 4) is 0 Å². The van der Waals surface area contributed by atoms with Crippen molar-refractivity contribution in [1.82, 2.24) is 5.32 Å². The van der Waals surface area contributed by atoms with Crippen molar-refractivity contribution in [2.45, 2.75) is 6.92 Å². The molecule has 0 aliphatic rings. The number of thioether (sulfide) groups is 1. The van der Waals surface area contributed by atoms with Gasteiger partial charge < -0.3 is 0 Å². The first-order valence-corrected chi connectivity index (χ1v) is 3.16. The van der Waals surface area contributed by atoms with Crippen molar-refractivity contribution in [1.29, 1.82) is 0 Å². The van der Waals surface area contributed by atoms with Gasteiger partial charge in [-0.15, -0.1) is 0 Å². The van der Waals surface area contributed by atoms with Gasteiger partial charge in [0.2, 0.25) is 6.41 Å². The van der Waals surface area contributed by atoms with Crippen LogP contribution >= 0.6 is 11.8 Å². The number of imide groups is 1. The molecule has 0 aromatic heterocycles. The Morgan fingerprint density at radius 2 is 2.50 bits per heavy atom. The summed E-state index contributed by atoms with van der Waals surface area (Å²) in [5.74, 6) is 0.694. The van der Waals surface area contributed by atoms with Crippen LogP contribution in [0.15, 0.2) is 0 Å². The van der Waals surface area contributed by atoms with Gasteiger partial charge in [0, 0.05) is 0 Å². The van der Waals surface area contributed by atoms with Crippen LogP contribution in [0.3, 0.4) is 0 Å². The van der Waals surface area contributed by atoms with Crippen LogP contribution < -0.4 is 5.32 Å². The second-order valence-electron chi connectivity index (χ2n) is 0.983. The molecule has 0 bridgehead atoms. The van der Waals surface area contributed by atoms with Gasteiger partial charge in [-0.05, 0) is 5.75 Å². The van der Waals surface area contributed by atoms with E-state index in [1.54, 1.807) is 0 Å². The summed E-state index contributed by atoms with van der Waals surface area (Å²) in [6.07, 6.45) is 0.380. The van der Waals surface area contributed by atoms with Crippen LogP contribution in [0.25, 0.3) is 0 Å². The van der Waals surface area contributed by atoms with Crippen LogP contribution in [0.2, 0.25) is 0 Å². The zero-order valence-corrected chi connectivity index (χ0v) is 5.33. The number of nitrogens with one attached hydrogen (secondary N) is 1. The van der Waals surface area contributed by atoms with Crippen molar-refractivity contribution in [2.75, 3.05) is 5.75 Å². The van der Waals surface area contributed by atoms with E-state index in [1.165, 1.54) is 0 Å². The lowest BCUT2D eigenvalue weighted by atomic mass is 11.0. The molecular weight excluding hydrogens is 126 g/mol. The summed E-state index contributed by atoms with van der Waals surface area (Å²) in [7, 11) is 0. The molecule has 3 nitrogen and oxygen atoms in total. The van der Waals surface area contributed by atoms with Crippen LogP contribution in [0, 0.1) is 0 Å². The third-order valence-electron chi connectivity index (χ3n) is 0.452. The smallest absolute Gasteiger partial charge is 0.285 e. The van der Waals surface area contributed by atoms with Gasteiger partial charge in [0.15, 0.2) is 0 Å². The molecule has 0 unspecified atom stereocenters. The monoisotopic (exact) mass is 133 g/mol. The molecule has 0 aromatic carbocycles. The Balaban J connectivity index is 3.18. The third-order valence-corrected chi connectivity index (χ3v) is 1.12. The lowest BCUT2D eigenvalue weighted by Gasteiger charge is -1.89. The molecule has 8 heavy (non-hydrogen) atoms. The Morgan fingerprint density at radius 1 is 1.88 bits per heavy atom. The highest BCUT2D eigenvalue weighted by molar-refractivity contribution is 8.13. The van der Waals surface area contributed by atoms with Crippen LogP contribution in [-0.2, 0) is 4.79 Å². The molecule has 2 amide bonds. The van der Waals surface area contributed by atoms with Crippen molar-refractivity contribution < 1.29 is 9.59 Å². The summed E-state index contributed by atoms with van der Waals surface area (Å²) < 4.78 is 0. The summed E-state index contributed by atoms with van der Waals surface area (Å²) >= 11 is 1.07. The Hall–Kier alpha value is -0.510. The van der Waals surface area contributed by atoms with Gasteiger partial charge in [0.1, 0.15) is 0 Å². The number of rotatable bonds is 2. The molecule has 46 valence electrons. The molecule has 0 fully saturated rings. The topological polar surface area (TPSA) is 46.2 Å². The SMILES string of the molecule is CCSC(=O)NC=O. The maximum atomic E-state index is 10.3. The number of carbonyl (C=O) groups is 2. The fourth-order valence-electron chi connectivity index (χ4n) is 0.221. The first-order valence-electron chi connectivity index (χ1n) is 2.18. The van der Waals surface area contributed by atoms with E-state index in [4.69, 9.17) is 0 Å². The standard InChI is InChI=1S/C4H7NO2S/c1-2-8-4(7)5-3-6/h3H,2H2,1H3,(H,5,6,7). The summed E-state index contributed by atoms with van der Waals surface area (Å²) in [5.41, 5.74) is 0. The predicted octanol–water partition coefficient (Wildman–Crippen LogP) is 0.606. The minimum Gasteiger partial charge on any atom is -0.290 e. The van der Waals surface area contributed by atoms with Gasteiger partial charge in [0.05, 0.1) is 0 Å². The predicted molar refractivity (Wildman–Crippen MR) is 32.7 cm³/mol. The van der Waals surface area contributed by atoms with E-state index >= 15 is 0 Å². The highest BCUT2D eigenvalue weighted by atomic mass is 32.2. The van der Waals surface area contributed by atoms with Crippen molar-refractivity contribution in [3.63, 3.8) is 0 Å². The van der Waals surface area contributed by atoms with Crippen LogP contribution in [0.4, 0.5) is 4.79 Å². The van der Waals surface area contributed by atoms with Crippen LogP contribution in [0.1, 0.15) is 6.92 Å². The van der Waals surface area contributed by atoms with Crippen LogP contribution in [0.5, 0.6) is 0 Å². The van der Waals surface area contributed by atoms with E-state index in [0.29, 0.717) is 12.2 Å². The molecule has 0 heterocycles. The van der Waals surface area contributed by atoms with Gasteiger partial charge in [-0.3, -0.25) is 14.9 Å². The van der Waals surface area contributed by atoms with Gasteiger partial charge >= 0.3 is 0 Å². The molecule has 1 N–H and O–H groups in total. The summed E-state index contributed by atoms with van der Waals surface area (Å²) in [5, 5.41) is 1.70. The quantitative estimate of drug-likeness (QED) is 0.561. The minimum absolute atomic E-state index is 0.289. The van der Waals surface area contributed by atoms with Crippen molar-refractivity contribution in [3.05, 3.63) is 0 Å². The molecule has 0 atom stereocenters. The third kappa shape index (κ3) is 3.67. The van der Waals surface area contributed by atoms with Gasteiger partial charge in [-0.25, -0.2) is 0 Å². The Kier molecular flexibility index (Phi) is 4.35. The zero-order valence-electron chi connectivity index (χ0n) is 4.51. The number of carbonyl (C=O) groups excluding carboxylic acids is 2. The fourth-order valence-corrected chi connectivity index (χ4v) is 0.615. The van der Waals surface area contributed by atoms with E-state index in [9.17, 15) is 9.59 Å². The molecule has 0 rings (SSSR count). The second-order valence-corrected chi connectivity index (χ2v) is 2.22. The highest BCUT2D eigenvalue weighted by Crippen LogP contribution is 1.96. The molecule has 0 aromatic rings. The Labute approximate surface area is 51.8 Å². The summed E-state index contributed by atoms with van der Waals surface area (Å²) in [4.78, 5) is 19.8. The molecule has 0 spiro atoms. The lowest BCUT2D eigenvalue weighted by Crippen LogP contribution is -2.15. The van der Waals surface area contributed by atoms with Gasteiger partial charge in [-0.1, -0.05) is 18.7 Å². The van der Waals surface area contributed by atoms with E-state index < -0.39 is 0 Å². The molecule has 4 heteroatoms. The van der Waals surface area contributed by atoms with Crippen molar-refractivity contribution in [2.24, 2.45) is 0 Å². The molecular formula is C4H7NO2S. The van der Waals surface area contributed by atoms with E-state index in [1.807, 2.05) is 12.2 Å². The molecule has 0 aliphatic heterocycles. The summed E-state index contributed by atoms with van der Waals surface area (Å²) in [6, 6.07) is 0. The van der Waals surface area contributed by atoms with Gasteiger partial charge in [-0.2, -0.15) is 0 Å². The number of hydrogen-bond acceptors (Lipinski definition) is 3. The van der Waals surface area contributed by atoms with E-state index in [0.717, 1.165) is 11.8 Å². The first-order chi connectivity index (χ1) is 3.81. The van der Waals surface area contributed by atoms with Crippen molar-refractivity contribution >= 4 is 23.4 Å². The highest BCUT2D eigenvalue weighted by Gasteiger charge is 1.93. The van der Waals surface area contributed by atoms with E-state index in [2.05, 4.69) is 0 Å². The van der Waals surface area contributed by atoms with E-state index in [-0.39, 0.29) is 5.24 Å². The largest absolute Gasteiger partial charge is 0.290 e. The molecule has 0 aliphatic carbocycles. The first kappa shape index (κ1) is 7.49. The van der Waals surface area contributed by atoms with Crippen LogP contribution in [-0.4, -0.2) is 17.4 Å². The molecule has 0 saturated heterocycles. The lowest BCUT2D eigenvalue weighted by molar-refractivity contribution is -0.108. The Bertz CT molecular complexity index is 94.0. The maximum Gasteiger partial charge on any atom is 0.285 e. The number of amides is 2. The average molecular weight is 133 g/mol. The second kappa shape index (κ2) is 4.64. The fraction of sp³-hybridized carbons (Fsp3) is 0.500. The average Bonchev–Trinajstić information content (AvgIpc) is 1.68. The number of hydrogen-bond donors (Lipinski definition) is 1. The normalized spacial score (nSPS) is 8.12. The minimum atomic E-state index is -0.289. The molecule has 0 radical (unpaired) electrons. The summed E-state index contributed by atoms with van der Waals surface area (Å²) in [6.45, 7) is 1.84. The van der Waals surface area contributed by atoms with Gasteiger partial charge in [0.25, 0.3) is 5.24 Å². The Morgan fingerprint density at radius 3 is 2.88 bits per heavy atom. The zero-order chi connectivity index (χ0) is 6.41.